The molecule has 0 bridgehead atoms. The third-order valence-corrected chi connectivity index (χ3v) is 3.22. The van der Waals surface area contributed by atoms with E-state index in [1.165, 1.54) is 5.56 Å². The minimum atomic E-state index is 0.459. The van der Waals surface area contributed by atoms with Crippen LogP contribution in [-0.2, 0) is 0 Å². The predicted molar refractivity (Wildman–Crippen MR) is 66.6 cm³/mol. The van der Waals surface area contributed by atoms with E-state index in [2.05, 4.69) is 33.5 Å². The molecule has 0 radical (unpaired) electrons. The summed E-state index contributed by atoms with van der Waals surface area (Å²) in [5, 5.41) is 6.41. The van der Waals surface area contributed by atoms with Gasteiger partial charge >= 0.3 is 0 Å². The van der Waals surface area contributed by atoms with Crippen molar-refractivity contribution in [2.75, 3.05) is 38.5 Å². The number of pyridine rings is 1. The van der Waals surface area contributed by atoms with Crippen LogP contribution >= 0.6 is 0 Å². The van der Waals surface area contributed by atoms with Gasteiger partial charge in [-0.05, 0) is 18.6 Å². The van der Waals surface area contributed by atoms with Crippen molar-refractivity contribution in [3.8, 4) is 0 Å². The molecule has 2 rings (SSSR count). The molecule has 4 heteroatoms. The van der Waals surface area contributed by atoms with Gasteiger partial charge in [0.25, 0.3) is 0 Å². The number of hydrogen-bond donors (Lipinski definition) is 2. The van der Waals surface area contributed by atoms with E-state index in [-0.39, 0.29) is 0 Å². The Bertz CT molecular complexity index is 316. The highest BCUT2D eigenvalue weighted by Crippen LogP contribution is 2.20. The molecule has 1 fully saturated rings. The van der Waals surface area contributed by atoms with Gasteiger partial charge in [-0.1, -0.05) is 6.07 Å². The van der Waals surface area contributed by atoms with Crippen LogP contribution in [-0.4, -0.2) is 43.1 Å². The second-order valence-electron chi connectivity index (χ2n) is 4.19. The van der Waals surface area contributed by atoms with E-state index in [0.29, 0.717) is 6.04 Å². The van der Waals surface area contributed by atoms with Gasteiger partial charge in [0.2, 0.25) is 0 Å². The average molecular weight is 220 g/mol. The van der Waals surface area contributed by atoms with Gasteiger partial charge in [0.1, 0.15) is 5.82 Å². The van der Waals surface area contributed by atoms with Crippen LogP contribution < -0.4 is 10.6 Å². The van der Waals surface area contributed by atoms with E-state index < -0.39 is 0 Å². The lowest BCUT2D eigenvalue weighted by atomic mass is 10.1. The molecule has 1 aromatic rings. The summed E-state index contributed by atoms with van der Waals surface area (Å²) < 4.78 is 0. The molecule has 2 heterocycles. The van der Waals surface area contributed by atoms with E-state index in [4.69, 9.17) is 0 Å². The first-order valence-corrected chi connectivity index (χ1v) is 5.89. The summed E-state index contributed by atoms with van der Waals surface area (Å²) in [7, 11) is 1.89. The van der Waals surface area contributed by atoms with Crippen LogP contribution in [0, 0.1) is 0 Å². The Morgan fingerprint density at radius 1 is 1.38 bits per heavy atom. The van der Waals surface area contributed by atoms with Gasteiger partial charge < -0.3 is 10.6 Å². The smallest absolute Gasteiger partial charge is 0.125 e. The van der Waals surface area contributed by atoms with E-state index in [9.17, 15) is 0 Å². The minimum absolute atomic E-state index is 0.459. The van der Waals surface area contributed by atoms with Crippen molar-refractivity contribution in [3.05, 3.63) is 23.9 Å². The molecule has 0 aromatic carbocycles. The van der Waals surface area contributed by atoms with Crippen LogP contribution in [0.3, 0.4) is 0 Å². The van der Waals surface area contributed by atoms with E-state index >= 15 is 0 Å². The van der Waals surface area contributed by atoms with Gasteiger partial charge in [0.05, 0.1) is 0 Å². The first-order chi connectivity index (χ1) is 7.81. The Hall–Kier alpha value is -1.13. The van der Waals surface area contributed by atoms with Crippen molar-refractivity contribution in [1.82, 2.24) is 15.2 Å². The predicted octanol–water partition coefficient (Wildman–Crippen LogP) is 1.09. The van der Waals surface area contributed by atoms with Crippen molar-refractivity contribution in [2.45, 2.75) is 13.0 Å². The molecule has 1 aromatic heterocycles. The van der Waals surface area contributed by atoms with Crippen LogP contribution in [0.1, 0.15) is 18.5 Å². The Labute approximate surface area is 97.1 Å². The second-order valence-corrected chi connectivity index (χ2v) is 4.19. The second kappa shape index (κ2) is 5.27. The summed E-state index contributed by atoms with van der Waals surface area (Å²) in [5.74, 6) is 0.927. The Kier molecular flexibility index (Phi) is 3.74. The highest BCUT2D eigenvalue weighted by atomic mass is 15.2. The quantitative estimate of drug-likeness (QED) is 0.800. The Balaban J connectivity index is 2.04. The average Bonchev–Trinajstić information content (AvgIpc) is 2.39. The number of anilines is 1. The molecule has 16 heavy (non-hydrogen) atoms. The van der Waals surface area contributed by atoms with Gasteiger partial charge in [-0.25, -0.2) is 4.98 Å². The highest BCUT2D eigenvalue weighted by molar-refractivity contribution is 5.35. The van der Waals surface area contributed by atoms with Gasteiger partial charge in [-0.15, -0.1) is 0 Å². The zero-order chi connectivity index (χ0) is 11.4. The van der Waals surface area contributed by atoms with E-state index in [1.807, 2.05) is 19.3 Å². The van der Waals surface area contributed by atoms with Crippen LogP contribution in [0.4, 0.5) is 5.82 Å². The van der Waals surface area contributed by atoms with Crippen molar-refractivity contribution in [2.24, 2.45) is 0 Å². The fourth-order valence-electron chi connectivity index (χ4n) is 2.08. The maximum atomic E-state index is 4.36. The molecule has 0 saturated carbocycles. The first-order valence-electron chi connectivity index (χ1n) is 5.89. The number of hydrogen-bond acceptors (Lipinski definition) is 4. The zero-order valence-corrected chi connectivity index (χ0v) is 10.0. The van der Waals surface area contributed by atoms with Gasteiger partial charge in [-0.2, -0.15) is 0 Å². The van der Waals surface area contributed by atoms with E-state index in [1.54, 1.807) is 0 Å². The van der Waals surface area contributed by atoms with Gasteiger partial charge in [-0.3, -0.25) is 4.90 Å². The summed E-state index contributed by atoms with van der Waals surface area (Å²) in [6.07, 6.45) is 1.97. The summed E-state index contributed by atoms with van der Waals surface area (Å²) in [6, 6.07) is 4.65. The summed E-state index contributed by atoms with van der Waals surface area (Å²) in [6.45, 7) is 6.67. The Morgan fingerprint density at radius 2 is 2.12 bits per heavy atom. The maximum Gasteiger partial charge on any atom is 0.125 e. The summed E-state index contributed by atoms with van der Waals surface area (Å²) in [4.78, 5) is 6.85. The third kappa shape index (κ3) is 2.51. The van der Waals surface area contributed by atoms with Crippen molar-refractivity contribution in [1.29, 1.82) is 0 Å². The standard InChI is InChI=1S/C12H20N4/c1-10(16-7-5-14-6-8-16)11-3-4-12(13-2)15-9-11/h3-4,9-10,14H,5-8H2,1-2H3,(H,13,15). The SMILES string of the molecule is CNc1ccc(C(C)N2CCNCC2)cn1. The van der Waals surface area contributed by atoms with Crippen LogP contribution in [0.2, 0.25) is 0 Å². The number of aromatic nitrogens is 1. The topological polar surface area (TPSA) is 40.2 Å². The molecule has 1 aliphatic heterocycles. The third-order valence-electron chi connectivity index (χ3n) is 3.22. The van der Waals surface area contributed by atoms with Crippen LogP contribution in [0.5, 0.6) is 0 Å². The van der Waals surface area contributed by atoms with Gasteiger partial charge in [0, 0.05) is 45.5 Å². The Morgan fingerprint density at radius 3 is 2.69 bits per heavy atom. The molecule has 1 atom stereocenters. The first kappa shape index (κ1) is 11.4. The molecule has 0 spiro atoms. The van der Waals surface area contributed by atoms with Crippen LogP contribution in [0.15, 0.2) is 18.3 Å². The number of nitrogens with zero attached hydrogens (tertiary/aromatic N) is 2. The molecule has 88 valence electrons. The lowest BCUT2D eigenvalue weighted by Gasteiger charge is -2.32. The summed E-state index contributed by atoms with van der Waals surface area (Å²) in [5.41, 5.74) is 1.29. The molecule has 1 aliphatic rings. The maximum absolute atomic E-state index is 4.36. The minimum Gasteiger partial charge on any atom is -0.373 e. The molecule has 1 saturated heterocycles. The summed E-state index contributed by atoms with van der Waals surface area (Å²) >= 11 is 0. The molecule has 1 unspecified atom stereocenters. The van der Waals surface area contributed by atoms with Gasteiger partial charge in [0.15, 0.2) is 0 Å². The normalized spacial score (nSPS) is 19.4. The molecule has 0 aliphatic carbocycles. The number of piperazine rings is 1. The molecular formula is C12H20N4. The fraction of sp³-hybridized carbons (Fsp3) is 0.583. The number of rotatable bonds is 3. The van der Waals surface area contributed by atoms with Crippen molar-refractivity contribution >= 4 is 5.82 Å². The monoisotopic (exact) mass is 220 g/mol. The highest BCUT2D eigenvalue weighted by Gasteiger charge is 2.17. The fourth-order valence-corrected chi connectivity index (χ4v) is 2.08. The lowest BCUT2D eigenvalue weighted by Crippen LogP contribution is -2.44. The lowest BCUT2D eigenvalue weighted by molar-refractivity contribution is 0.185. The molecular weight excluding hydrogens is 200 g/mol. The number of nitrogens with one attached hydrogen (secondary N) is 2. The largest absolute Gasteiger partial charge is 0.373 e. The zero-order valence-electron chi connectivity index (χ0n) is 10.0. The molecule has 0 amide bonds. The van der Waals surface area contributed by atoms with Crippen molar-refractivity contribution in [3.63, 3.8) is 0 Å². The van der Waals surface area contributed by atoms with Crippen LogP contribution in [0.25, 0.3) is 0 Å². The molecule has 2 N–H and O–H groups in total. The van der Waals surface area contributed by atoms with Crippen molar-refractivity contribution < 1.29 is 0 Å². The molecule has 4 nitrogen and oxygen atoms in total. The van der Waals surface area contributed by atoms with E-state index in [0.717, 1.165) is 32.0 Å².